The first-order valence-electron chi connectivity index (χ1n) is 10.4. The SMILES string of the molecule is COc1cc(C(F)(F)F)ccc1C1(C(=O)N[C@H]2CC[C@@H]3CC[C@H]2N3c2nn[nH]n2)CC1. The molecule has 166 valence electrons. The van der Waals surface area contributed by atoms with Crippen LogP contribution in [0.25, 0.3) is 0 Å². The van der Waals surface area contributed by atoms with Crippen molar-refractivity contribution in [1.29, 1.82) is 0 Å². The Balaban J connectivity index is 1.37. The number of ether oxygens (including phenoxy) is 1. The number of nitrogens with one attached hydrogen (secondary N) is 2. The van der Waals surface area contributed by atoms with Crippen molar-refractivity contribution in [2.45, 2.75) is 68.2 Å². The van der Waals surface area contributed by atoms with Gasteiger partial charge in [0.05, 0.1) is 24.1 Å². The molecule has 0 spiro atoms. The van der Waals surface area contributed by atoms with Gasteiger partial charge >= 0.3 is 6.18 Å². The molecule has 2 saturated heterocycles. The first-order chi connectivity index (χ1) is 14.8. The highest BCUT2D eigenvalue weighted by atomic mass is 19.4. The predicted octanol–water partition coefficient (Wildman–Crippen LogP) is 2.57. The van der Waals surface area contributed by atoms with Gasteiger partial charge in [0.25, 0.3) is 5.95 Å². The Morgan fingerprint density at radius 1 is 1.26 bits per heavy atom. The third-order valence-electron chi connectivity index (χ3n) is 6.93. The van der Waals surface area contributed by atoms with E-state index >= 15 is 0 Å². The number of anilines is 1. The standard InChI is InChI=1S/C20H23F3N6O2/c1-31-16-10-11(20(21,22)23)2-5-13(16)19(8-9-19)17(30)24-14-6-3-12-4-7-15(14)29(12)18-25-27-28-26-18/h2,5,10,12,14-15H,3-4,6-9H2,1H3,(H,24,30)(H,25,26,27,28)/t12-,14+,15-/m1/s1. The predicted molar refractivity (Wildman–Crippen MR) is 104 cm³/mol. The summed E-state index contributed by atoms with van der Waals surface area (Å²) in [6.07, 6.45) is 0.362. The lowest BCUT2D eigenvalue weighted by Gasteiger charge is -2.40. The minimum atomic E-state index is -4.47. The molecule has 31 heavy (non-hydrogen) atoms. The first-order valence-corrected chi connectivity index (χ1v) is 10.4. The van der Waals surface area contributed by atoms with E-state index in [9.17, 15) is 18.0 Å². The number of fused-ring (bicyclic) bond motifs is 2. The van der Waals surface area contributed by atoms with Gasteiger partial charge in [-0.25, -0.2) is 0 Å². The molecule has 1 aromatic heterocycles. The highest BCUT2D eigenvalue weighted by Crippen LogP contribution is 2.52. The van der Waals surface area contributed by atoms with E-state index in [1.165, 1.54) is 13.2 Å². The van der Waals surface area contributed by atoms with Crippen LogP contribution < -0.4 is 15.0 Å². The minimum Gasteiger partial charge on any atom is -0.496 e. The summed E-state index contributed by atoms with van der Waals surface area (Å²) in [5, 5.41) is 17.5. The number of aromatic nitrogens is 4. The van der Waals surface area contributed by atoms with Crippen LogP contribution in [0.5, 0.6) is 5.75 Å². The van der Waals surface area contributed by atoms with Crippen LogP contribution in [0.2, 0.25) is 0 Å². The summed E-state index contributed by atoms with van der Waals surface area (Å²) in [6, 6.07) is 3.70. The number of halogens is 3. The second-order valence-corrected chi connectivity index (χ2v) is 8.57. The molecule has 3 fully saturated rings. The van der Waals surface area contributed by atoms with Crippen LogP contribution in [0.15, 0.2) is 18.2 Å². The second-order valence-electron chi connectivity index (χ2n) is 8.57. The fraction of sp³-hybridized carbons (Fsp3) is 0.600. The van der Waals surface area contributed by atoms with Gasteiger partial charge in [0, 0.05) is 17.6 Å². The highest BCUT2D eigenvalue weighted by Gasteiger charge is 2.55. The number of carbonyl (C=O) groups is 1. The van der Waals surface area contributed by atoms with E-state index in [2.05, 4.69) is 30.8 Å². The molecule has 2 aliphatic heterocycles. The summed E-state index contributed by atoms with van der Waals surface area (Å²) in [4.78, 5) is 15.5. The Bertz CT molecular complexity index is 976. The molecule has 0 unspecified atom stereocenters. The van der Waals surface area contributed by atoms with E-state index in [0.717, 1.165) is 37.8 Å². The van der Waals surface area contributed by atoms with Gasteiger partial charge in [-0.05, 0) is 55.9 Å². The van der Waals surface area contributed by atoms with Crippen molar-refractivity contribution >= 4 is 11.9 Å². The maximum atomic E-state index is 13.4. The molecule has 11 heteroatoms. The van der Waals surface area contributed by atoms with Crippen LogP contribution in [-0.2, 0) is 16.4 Å². The zero-order chi connectivity index (χ0) is 21.8. The summed E-state index contributed by atoms with van der Waals surface area (Å²) in [5.74, 6) is 0.478. The lowest BCUT2D eigenvalue weighted by Crippen LogP contribution is -2.56. The van der Waals surface area contributed by atoms with Crippen molar-refractivity contribution in [1.82, 2.24) is 25.9 Å². The van der Waals surface area contributed by atoms with Crippen molar-refractivity contribution in [3.8, 4) is 5.75 Å². The van der Waals surface area contributed by atoms with Crippen molar-refractivity contribution < 1.29 is 22.7 Å². The van der Waals surface area contributed by atoms with E-state index in [1.807, 2.05) is 0 Å². The minimum absolute atomic E-state index is 0.0746. The van der Waals surface area contributed by atoms with Gasteiger partial charge < -0.3 is 15.0 Å². The Labute approximate surface area is 176 Å². The van der Waals surface area contributed by atoms with Gasteiger partial charge in [-0.15, -0.1) is 5.10 Å². The summed E-state index contributed by atoms with van der Waals surface area (Å²) < 4.78 is 44.5. The molecule has 3 aliphatic rings. The number of carbonyl (C=O) groups excluding carboxylic acids is 1. The molecule has 8 nitrogen and oxygen atoms in total. The summed E-state index contributed by atoms with van der Waals surface area (Å²) >= 11 is 0. The third kappa shape index (κ3) is 3.30. The third-order valence-corrected chi connectivity index (χ3v) is 6.93. The van der Waals surface area contributed by atoms with Crippen LogP contribution in [0.3, 0.4) is 0 Å². The van der Waals surface area contributed by atoms with Gasteiger partial charge in [-0.1, -0.05) is 11.2 Å². The molecule has 1 aromatic carbocycles. The van der Waals surface area contributed by atoms with Gasteiger partial charge in [0.15, 0.2) is 0 Å². The first kappa shape index (κ1) is 20.1. The number of benzene rings is 1. The number of hydrogen-bond donors (Lipinski definition) is 2. The number of methoxy groups -OCH3 is 1. The van der Waals surface area contributed by atoms with E-state index < -0.39 is 17.2 Å². The van der Waals surface area contributed by atoms with E-state index in [1.54, 1.807) is 0 Å². The van der Waals surface area contributed by atoms with Crippen LogP contribution in [-0.4, -0.2) is 51.8 Å². The van der Waals surface area contributed by atoms with Crippen molar-refractivity contribution in [2.24, 2.45) is 0 Å². The number of aromatic amines is 1. The monoisotopic (exact) mass is 436 g/mol. The highest BCUT2D eigenvalue weighted by molar-refractivity contribution is 5.92. The number of amides is 1. The molecule has 2 bridgehead atoms. The summed E-state index contributed by atoms with van der Waals surface area (Å²) in [7, 11) is 1.33. The molecule has 3 heterocycles. The number of piperidine rings is 1. The van der Waals surface area contributed by atoms with Crippen LogP contribution in [0.1, 0.15) is 49.7 Å². The molecule has 5 rings (SSSR count). The number of rotatable bonds is 5. The van der Waals surface area contributed by atoms with Gasteiger partial charge in [0.2, 0.25) is 5.91 Å². The molecule has 3 atom stereocenters. The van der Waals surface area contributed by atoms with Gasteiger partial charge in [0.1, 0.15) is 5.75 Å². The van der Waals surface area contributed by atoms with Crippen LogP contribution in [0, 0.1) is 0 Å². The number of nitrogens with zero attached hydrogens (tertiary/aromatic N) is 4. The van der Waals surface area contributed by atoms with Gasteiger partial charge in [-0.2, -0.15) is 18.4 Å². The Hall–Kier alpha value is -2.85. The maximum absolute atomic E-state index is 13.4. The van der Waals surface area contributed by atoms with E-state index in [4.69, 9.17) is 4.74 Å². The normalized spacial score (nSPS) is 26.6. The van der Waals surface area contributed by atoms with Crippen molar-refractivity contribution in [3.63, 3.8) is 0 Å². The lowest BCUT2D eigenvalue weighted by atomic mass is 9.91. The molecule has 0 radical (unpaired) electrons. The number of hydrogen-bond acceptors (Lipinski definition) is 6. The maximum Gasteiger partial charge on any atom is 0.416 e. The zero-order valence-electron chi connectivity index (χ0n) is 16.9. The number of alkyl halides is 3. The fourth-order valence-corrected chi connectivity index (χ4v) is 5.21. The van der Waals surface area contributed by atoms with Crippen LogP contribution >= 0.6 is 0 Å². The fourth-order valence-electron chi connectivity index (χ4n) is 5.21. The quantitative estimate of drug-likeness (QED) is 0.748. The van der Waals surface area contributed by atoms with Crippen LogP contribution in [0.4, 0.5) is 19.1 Å². The Kier molecular flexibility index (Phi) is 4.60. The van der Waals surface area contributed by atoms with Crippen molar-refractivity contribution in [3.05, 3.63) is 29.3 Å². The molecule has 1 aliphatic carbocycles. The average molecular weight is 436 g/mol. The molecule has 1 amide bonds. The number of tetrazole rings is 1. The van der Waals surface area contributed by atoms with E-state index in [-0.39, 0.29) is 23.7 Å². The smallest absolute Gasteiger partial charge is 0.416 e. The average Bonchev–Trinajstić information content (AvgIpc) is 3.25. The Morgan fingerprint density at radius 3 is 2.68 bits per heavy atom. The van der Waals surface area contributed by atoms with Crippen molar-refractivity contribution in [2.75, 3.05) is 12.0 Å². The van der Waals surface area contributed by atoms with E-state index in [0.29, 0.717) is 30.4 Å². The molecular weight excluding hydrogens is 413 g/mol. The largest absolute Gasteiger partial charge is 0.496 e. The second kappa shape index (κ2) is 7.10. The summed E-state index contributed by atoms with van der Waals surface area (Å²) in [6.45, 7) is 0. The van der Waals surface area contributed by atoms with Gasteiger partial charge in [-0.3, -0.25) is 4.79 Å². The lowest BCUT2D eigenvalue weighted by molar-refractivity contribution is -0.137. The topological polar surface area (TPSA) is 96.0 Å². The Morgan fingerprint density at radius 2 is 2.03 bits per heavy atom. The number of H-pyrrole nitrogens is 1. The summed E-state index contributed by atoms with van der Waals surface area (Å²) in [5.41, 5.74) is -1.12. The molecule has 2 aromatic rings. The molecule has 2 N–H and O–H groups in total. The molecule has 1 saturated carbocycles. The zero-order valence-corrected chi connectivity index (χ0v) is 16.9. The molecular formula is C20H23F3N6O2.